The topological polar surface area (TPSA) is 142 Å². The standard InChI is InChI=1S/C7H11N3O6S/c1-17(15,16)3-2-4(5(11)12)10-6(13)8-9-7(10)14/h4H,2-3H2,1H3,(H,8,13)(H,9,14)(H,11,12). The van der Waals surface area contributed by atoms with Gasteiger partial charge in [-0.25, -0.2) is 37.6 Å². The minimum absolute atomic E-state index is 0.352. The van der Waals surface area contributed by atoms with Gasteiger partial charge in [0.25, 0.3) is 0 Å². The first-order valence-corrected chi connectivity index (χ1v) is 6.58. The molecule has 1 rings (SSSR count). The van der Waals surface area contributed by atoms with Gasteiger partial charge in [-0.2, -0.15) is 0 Å². The van der Waals surface area contributed by atoms with Crippen LogP contribution in [0.15, 0.2) is 9.59 Å². The fourth-order valence-electron chi connectivity index (χ4n) is 1.29. The van der Waals surface area contributed by atoms with Crippen LogP contribution in [0.3, 0.4) is 0 Å². The van der Waals surface area contributed by atoms with Gasteiger partial charge in [0, 0.05) is 6.26 Å². The molecule has 0 aliphatic heterocycles. The van der Waals surface area contributed by atoms with Gasteiger partial charge in [-0.15, -0.1) is 0 Å². The van der Waals surface area contributed by atoms with Gasteiger partial charge in [-0.1, -0.05) is 0 Å². The zero-order chi connectivity index (χ0) is 13.2. The molecule has 96 valence electrons. The highest BCUT2D eigenvalue weighted by Crippen LogP contribution is 2.08. The monoisotopic (exact) mass is 265 g/mol. The zero-order valence-electron chi connectivity index (χ0n) is 8.84. The first kappa shape index (κ1) is 13.2. The lowest BCUT2D eigenvalue weighted by molar-refractivity contribution is -0.141. The average molecular weight is 265 g/mol. The molecule has 0 radical (unpaired) electrons. The van der Waals surface area contributed by atoms with E-state index in [9.17, 15) is 22.8 Å². The van der Waals surface area contributed by atoms with Crippen molar-refractivity contribution in [2.24, 2.45) is 0 Å². The number of aliphatic carboxylic acids is 1. The average Bonchev–Trinajstić information content (AvgIpc) is 2.47. The molecule has 0 saturated heterocycles. The Balaban J connectivity index is 3.08. The van der Waals surface area contributed by atoms with Gasteiger partial charge in [0.1, 0.15) is 15.9 Å². The van der Waals surface area contributed by atoms with Crippen molar-refractivity contribution >= 4 is 15.8 Å². The molecule has 0 aliphatic carbocycles. The first-order chi connectivity index (χ1) is 7.72. The van der Waals surface area contributed by atoms with Crippen molar-refractivity contribution in [2.45, 2.75) is 12.5 Å². The maximum atomic E-state index is 11.2. The number of rotatable bonds is 5. The summed E-state index contributed by atoms with van der Waals surface area (Å²) >= 11 is 0. The van der Waals surface area contributed by atoms with Crippen molar-refractivity contribution in [3.8, 4) is 0 Å². The largest absolute Gasteiger partial charge is 0.480 e. The first-order valence-electron chi connectivity index (χ1n) is 4.52. The molecule has 0 amide bonds. The molecular formula is C7H11N3O6S. The summed E-state index contributed by atoms with van der Waals surface area (Å²) in [4.78, 5) is 33.2. The van der Waals surface area contributed by atoms with Gasteiger partial charge in [-0.05, 0) is 6.42 Å². The second kappa shape index (κ2) is 4.57. The van der Waals surface area contributed by atoms with Crippen molar-refractivity contribution in [2.75, 3.05) is 12.0 Å². The Hall–Kier alpha value is -1.84. The Morgan fingerprint density at radius 3 is 2.18 bits per heavy atom. The molecule has 1 aromatic rings. The van der Waals surface area contributed by atoms with Crippen LogP contribution >= 0.6 is 0 Å². The summed E-state index contributed by atoms with van der Waals surface area (Å²) in [6.45, 7) is 0. The highest BCUT2D eigenvalue weighted by Gasteiger charge is 2.25. The summed E-state index contributed by atoms with van der Waals surface area (Å²) < 4.78 is 22.3. The smallest absolute Gasteiger partial charge is 0.345 e. The predicted molar refractivity (Wildman–Crippen MR) is 56.7 cm³/mol. The Bertz CT molecular complexity index is 593. The van der Waals surface area contributed by atoms with Crippen LogP contribution in [0.1, 0.15) is 12.5 Å². The second-order valence-corrected chi connectivity index (χ2v) is 5.76. The number of hydrogen-bond acceptors (Lipinski definition) is 5. The van der Waals surface area contributed by atoms with Gasteiger partial charge < -0.3 is 5.11 Å². The summed E-state index contributed by atoms with van der Waals surface area (Å²) in [6.07, 6.45) is 0.588. The number of carboxylic acid groups (broad SMARTS) is 1. The van der Waals surface area contributed by atoms with E-state index in [1.54, 1.807) is 0 Å². The molecule has 1 atom stereocenters. The summed E-state index contributed by atoms with van der Waals surface area (Å²) in [5.41, 5.74) is -1.84. The van der Waals surface area contributed by atoms with Crippen LogP contribution in [0.25, 0.3) is 0 Å². The van der Waals surface area contributed by atoms with E-state index >= 15 is 0 Å². The van der Waals surface area contributed by atoms with E-state index in [4.69, 9.17) is 5.11 Å². The van der Waals surface area contributed by atoms with E-state index in [0.717, 1.165) is 6.26 Å². The van der Waals surface area contributed by atoms with E-state index in [1.165, 1.54) is 0 Å². The molecule has 0 aromatic carbocycles. The SMILES string of the molecule is CS(=O)(=O)CCC(C(=O)O)n1c(=O)[nH][nH]c1=O. The molecule has 0 fully saturated rings. The predicted octanol–water partition coefficient (Wildman–Crippen LogP) is -2.07. The lowest BCUT2D eigenvalue weighted by Crippen LogP contribution is -2.36. The Labute approximate surface area is 95.0 Å². The maximum Gasteiger partial charge on any atom is 0.345 e. The van der Waals surface area contributed by atoms with Crippen molar-refractivity contribution in [3.05, 3.63) is 21.0 Å². The van der Waals surface area contributed by atoms with Crippen LogP contribution in [0.4, 0.5) is 0 Å². The normalized spacial score (nSPS) is 13.5. The Morgan fingerprint density at radius 2 is 1.82 bits per heavy atom. The van der Waals surface area contributed by atoms with Gasteiger partial charge in [-0.3, -0.25) is 0 Å². The molecule has 0 aliphatic rings. The van der Waals surface area contributed by atoms with Crippen LogP contribution in [0.5, 0.6) is 0 Å². The quantitative estimate of drug-likeness (QED) is 0.558. The van der Waals surface area contributed by atoms with Crippen molar-refractivity contribution in [3.63, 3.8) is 0 Å². The minimum atomic E-state index is -3.37. The molecule has 17 heavy (non-hydrogen) atoms. The Morgan fingerprint density at radius 1 is 1.35 bits per heavy atom. The second-order valence-electron chi connectivity index (χ2n) is 3.50. The molecule has 9 nitrogen and oxygen atoms in total. The van der Waals surface area contributed by atoms with Crippen LogP contribution < -0.4 is 11.4 Å². The van der Waals surface area contributed by atoms with Crippen molar-refractivity contribution < 1.29 is 18.3 Å². The fourth-order valence-corrected chi connectivity index (χ4v) is 1.94. The number of nitrogens with one attached hydrogen (secondary N) is 2. The highest BCUT2D eigenvalue weighted by molar-refractivity contribution is 7.90. The molecular weight excluding hydrogens is 254 g/mol. The number of aromatic nitrogens is 3. The highest BCUT2D eigenvalue weighted by atomic mass is 32.2. The van der Waals surface area contributed by atoms with E-state index in [0.29, 0.717) is 4.57 Å². The number of sulfone groups is 1. The molecule has 1 aromatic heterocycles. The molecule has 3 N–H and O–H groups in total. The van der Waals surface area contributed by atoms with Crippen LogP contribution in [-0.4, -0.2) is 46.3 Å². The summed E-state index contributed by atoms with van der Waals surface area (Å²) in [5.74, 6) is -1.87. The number of carboxylic acids is 1. The van der Waals surface area contributed by atoms with Crippen LogP contribution in [-0.2, 0) is 14.6 Å². The number of aromatic amines is 2. The van der Waals surface area contributed by atoms with Crippen molar-refractivity contribution in [1.29, 1.82) is 0 Å². The number of carbonyl (C=O) groups is 1. The minimum Gasteiger partial charge on any atom is -0.480 e. The summed E-state index contributed by atoms with van der Waals surface area (Å²) in [6, 6.07) is -1.51. The molecule has 1 unspecified atom stereocenters. The third-order valence-corrected chi connectivity index (χ3v) is 3.05. The Kier molecular flexibility index (Phi) is 3.56. The molecule has 0 spiro atoms. The van der Waals surface area contributed by atoms with Gasteiger partial charge in [0.05, 0.1) is 5.75 Å². The number of hydrogen-bond donors (Lipinski definition) is 3. The summed E-state index contributed by atoms with van der Waals surface area (Å²) in [5, 5.41) is 12.7. The lowest BCUT2D eigenvalue weighted by atomic mass is 10.2. The fraction of sp³-hybridized carbons (Fsp3) is 0.571. The maximum absolute atomic E-state index is 11.2. The van der Waals surface area contributed by atoms with Crippen LogP contribution in [0, 0.1) is 0 Å². The third kappa shape index (κ3) is 3.31. The summed E-state index contributed by atoms with van der Waals surface area (Å²) in [7, 11) is -3.37. The van der Waals surface area contributed by atoms with E-state index in [-0.39, 0.29) is 6.42 Å². The van der Waals surface area contributed by atoms with Crippen LogP contribution in [0.2, 0.25) is 0 Å². The molecule has 0 saturated carbocycles. The zero-order valence-corrected chi connectivity index (χ0v) is 9.65. The van der Waals surface area contributed by atoms with Gasteiger partial charge >= 0.3 is 17.3 Å². The lowest BCUT2D eigenvalue weighted by Gasteiger charge is -2.10. The van der Waals surface area contributed by atoms with E-state index in [1.807, 2.05) is 10.2 Å². The van der Waals surface area contributed by atoms with E-state index < -0.39 is 39.0 Å². The van der Waals surface area contributed by atoms with Gasteiger partial charge in [0.15, 0.2) is 0 Å². The van der Waals surface area contributed by atoms with Gasteiger partial charge in [0.2, 0.25) is 0 Å². The van der Waals surface area contributed by atoms with E-state index in [2.05, 4.69) is 0 Å². The number of H-pyrrole nitrogens is 2. The molecule has 0 bridgehead atoms. The van der Waals surface area contributed by atoms with Crippen molar-refractivity contribution in [1.82, 2.24) is 14.8 Å². The third-order valence-electron chi connectivity index (χ3n) is 2.07. The molecule has 10 heteroatoms. The number of nitrogens with zero attached hydrogens (tertiary/aromatic N) is 1. The molecule has 1 heterocycles.